The standard InChI is InChI=1S/C19H9FN2O/c20-10-5-6-13-14(9-10)19(23)18-16-12(7-8-21-17(13)16)11-3-1-2-4-15(11)22-18/h1-9H. The topological polar surface area (TPSA) is 42.9 Å². The summed E-state index contributed by atoms with van der Waals surface area (Å²) in [7, 11) is 0. The Labute approximate surface area is 130 Å². The van der Waals surface area contributed by atoms with Crippen LogP contribution in [0, 0.1) is 5.82 Å². The van der Waals surface area contributed by atoms with Crippen LogP contribution in [0.3, 0.4) is 0 Å². The number of rotatable bonds is 0. The molecule has 0 N–H and O–H groups in total. The molecule has 0 aliphatic heterocycles. The molecule has 108 valence electrons. The summed E-state index contributed by atoms with van der Waals surface area (Å²) < 4.78 is 13.6. The number of benzene rings is 2. The van der Waals surface area contributed by atoms with Crippen molar-refractivity contribution in [3.8, 4) is 11.3 Å². The Bertz CT molecular complexity index is 1150. The number of pyridine rings is 2. The van der Waals surface area contributed by atoms with Crippen LogP contribution in [0.5, 0.6) is 0 Å². The van der Waals surface area contributed by atoms with Crippen molar-refractivity contribution in [3.63, 3.8) is 0 Å². The van der Waals surface area contributed by atoms with Crippen LogP contribution in [-0.2, 0) is 0 Å². The van der Waals surface area contributed by atoms with E-state index in [0.717, 1.165) is 21.7 Å². The van der Waals surface area contributed by atoms with Gasteiger partial charge in [-0.25, -0.2) is 9.37 Å². The van der Waals surface area contributed by atoms with Crippen LogP contribution in [-0.4, -0.2) is 15.8 Å². The number of carbonyl (C=O) groups excluding carboxylic acids is 1. The second-order valence-corrected chi connectivity index (χ2v) is 5.58. The fourth-order valence-electron chi connectivity index (χ4n) is 3.31. The first-order chi connectivity index (χ1) is 11.2. The van der Waals surface area contributed by atoms with Crippen molar-refractivity contribution in [3.05, 3.63) is 71.8 Å². The van der Waals surface area contributed by atoms with Crippen molar-refractivity contribution >= 4 is 27.5 Å². The normalized spacial score (nSPS) is 12.7. The van der Waals surface area contributed by atoms with Crippen molar-refractivity contribution in [2.45, 2.75) is 0 Å². The summed E-state index contributed by atoms with van der Waals surface area (Å²) in [6, 6.07) is 13.8. The fourth-order valence-corrected chi connectivity index (χ4v) is 3.31. The van der Waals surface area contributed by atoms with E-state index in [4.69, 9.17) is 0 Å². The summed E-state index contributed by atoms with van der Waals surface area (Å²) in [6.45, 7) is 0. The second-order valence-electron chi connectivity index (χ2n) is 5.58. The number of para-hydroxylation sites is 1. The fraction of sp³-hybridized carbons (Fsp3) is 0. The Balaban J connectivity index is 2.05. The third kappa shape index (κ3) is 1.55. The van der Waals surface area contributed by atoms with Crippen LogP contribution in [0.1, 0.15) is 16.1 Å². The van der Waals surface area contributed by atoms with Gasteiger partial charge in [-0.3, -0.25) is 9.78 Å². The van der Waals surface area contributed by atoms with E-state index in [-0.39, 0.29) is 5.78 Å². The predicted molar refractivity (Wildman–Crippen MR) is 85.9 cm³/mol. The smallest absolute Gasteiger partial charge is 0.212 e. The van der Waals surface area contributed by atoms with Gasteiger partial charge < -0.3 is 0 Å². The van der Waals surface area contributed by atoms with Gasteiger partial charge in [0.1, 0.15) is 11.5 Å². The van der Waals surface area contributed by atoms with Crippen molar-refractivity contribution < 1.29 is 9.18 Å². The van der Waals surface area contributed by atoms with Crippen molar-refractivity contribution in [2.75, 3.05) is 0 Å². The lowest BCUT2D eigenvalue weighted by molar-refractivity contribution is 0.103. The van der Waals surface area contributed by atoms with E-state index in [1.807, 2.05) is 30.3 Å². The van der Waals surface area contributed by atoms with Gasteiger partial charge in [-0.2, -0.15) is 0 Å². The maximum absolute atomic E-state index is 13.6. The molecule has 0 spiro atoms. The third-order valence-corrected chi connectivity index (χ3v) is 4.31. The number of carbonyl (C=O) groups is 1. The van der Waals surface area contributed by atoms with Gasteiger partial charge in [-0.1, -0.05) is 18.2 Å². The molecule has 0 atom stereocenters. The Morgan fingerprint density at radius 1 is 0.870 bits per heavy atom. The molecule has 0 fully saturated rings. The van der Waals surface area contributed by atoms with E-state index in [1.54, 1.807) is 12.3 Å². The average molecular weight is 300 g/mol. The summed E-state index contributed by atoms with van der Waals surface area (Å²) in [5.74, 6) is -0.690. The molecule has 2 heterocycles. The zero-order chi connectivity index (χ0) is 15.6. The zero-order valence-electron chi connectivity index (χ0n) is 11.9. The van der Waals surface area contributed by atoms with E-state index < -0.39 is 5.82 Å². The zero-order valence-corrected chi connectivity index (χ0v) is 11.9. The van der Waals surface area contributed by atoms with Gasteiger partial charge in [0.05, 0.1) is 11.2 Å². The van der Waals surface area contributed by atoms with E-state index >= 15 is 0 Å². The minimum absolute atomic E-state index is 0.254. The van der Waals surface area contributed by atoms with Gasteiger partial charge in [-0.15, -0.1) is 0 Å². The Morgan fingerprint density at radius 3 is 2.65 bits per heavy atom. The lowest BCUT2D eigenvalue weighted by Crippen LogP contribution is -2.13. The van der Waals surface area contributed by atoms with Gasteiger partial charge in [0, 0.05) is 28.1 Å². The number of fused-ring (bicyclic) bond motifs is 4. The van der Waals surface area contributed by atoms with Crippen LogP contribution >= 0.6 is 0 Å². The monoisotopic (exact) mass is 300 g/mol. The molecule has 2 aromatic heterocycles. The molecule has 0 unspecified atom stereocenters. The maximum atomic E-state index is 13.6. The molecular weight excluding hydrogens is 291 g/mol. The molecular formula is C19H9FN2O. The Morgan fingerprint density at radius 2 is 1.74 bits per heavy atom. The highest BCUT2D eigenvalue weighted by molar-refractivity contribution is 6.27. The molecule has 23 heavy (non-hydrogen) atoms. The SMILES string of the molecule is O=C1c2cc(F)ccc2-c2nccc3c2c1nc1ccccc13. The second kappa shape index (κ2) is 4.20. The van der Waals surface area contributed by atoms with Crippen molar-refractivity contribution in [2.24, 2.45) is 0 Å². The lowest BCUT2D eigenvalue weighted by atomic mass is 9.87. The number of aromatic nitrogens is 2. The molecule has 0 saturated carbocycles. The predicted octanol–water partition coefficient (Wildman–Crippen LogP) is 4.13. The largest absolute Gasteiger partial charge is 0.287 e. The summed E-state index contributed by atoms with van der Waals surface area (Å²) in [4.78, 5) is 21.8. The molecule has 3 nitrogen and oxygen atoms in total. The third-order valence-electron chi connectivity index (χ3n) is 4.31. The summed E-state index contributed by atoms with van der Waals surface area (Å²) >= 11 is 0. The van der Waals surface area contributed by atoms with Crippen LogP contribution < -0.4 is 0 Å². The minimum atomic E-state index is -0.437. The molecule has 1 aliphatic carbocycles. The lowest BCUT2D eigenvalue weighted by Gasteiger charge is -2.19. The van der Waals surface area contributed by atoms with Gasteiger partial charge in [0.25, 0.3) is 0 Å². The maximum Gasteiger partial charge on any atom is 0.212 e. The summed E-state index contributed by atoms with van der Waals surface area (Å²) in [5.41, 5.74) is 2.76. The molecule has 1 aliphatic rings. The highest BCUT2D eigenvalue weighted by Gasteiger charge is 2.28. The first kappa shape index (κ1) is 12.4. The highest BCUT2D eigenvalue weighted by Crippen LogP contribution is 2.39. The van der Waals surface area contributed by atoms with Crippen LogP contribution in [0.25, 0.3) is 32.9 Å². The number of halogens is 1. The molecule has 0 bridgehead atoms. The van der Waals surface area contributed by atoms with Crippen LogP contribution in [0.2, 0.25) is 0 Å². The number of ketones is 1. The Kier molecular flexibility index (Phi) is 2.26. The highest BCUT2D eigenvalue weighted by atomic mass is 19.1. The molecule has 2 aromatic carbocycles. The van der Waals surface area contributed by atoms with Gasteiger partial charge in [-0.05, 0) is 35.7 Å². The molecule has 4 aromatic rings. The Hall–Kier alpha value is -3.14. The molecule has 4 heteroatoms. The van der Waals surface area contributed by atoms with Crippen molar-refractivity contribution in [1.82, 2.24) is 9.97 Å². The van der Waals surface area contributed by atoms with Crippen LogP contribution in [0.15, 0.2) is 54.7 Å². The average Bonchev–Trinajstić information content (AvgIpc) is 2.59. The van der Waals surface area contributed by atoms with E-state index in [9.17, 15) is 9.18 Å². The first-order valence-corrected chi connectivity index (χ1v) is 7.26. The molecule has 5 rings (SSSR count). The van der Waals surface area contributed by atoms with E-state index in [0.29, 0.717) is 22.5 Å². The van der Waals surface area contributed by atoms with Crippen LogP contribution in [0.4, 0.5) is 4.39 Å². The summed E-state index contributed by atoms with van der Waals surface area (Å²) in [6.07, 6.45) is 1.72. The van der Waals surface area contributed by atoms with E-state index in [1.165, 1.54) is 12.1 Å². The molecule has 0 saturated heterocycles. The van der Waals surface area contributed by atoms with Gasteiger partial charge >= 0.3 is 0 Å². The number of hydrogen-bond donors (Lipinski definition) is 0. The van der Waals surface area contributed by atoms with Gasteiger partial charge in [0.2, 0.25) is 5.78 Å². The van der Waals surface area contributed by atoms with Gasteiger partial charge in [0.15, 0.2) is 0 Å². The number of nitrogens with zero attached hydrogens (tertiary/aromatic N) is 2. The quantitative estimate of drug-likeness (QED) is 0.404. The molecule has 0 amide bonds. The first-order valence-electron chi connectivity index (χ1n) is 7.26. The summed E-state index contributed by atoms with van der Waals surface area (Å²) in [5, 5.41) is 2.67. The van der Waals surface area contributed by atoms with Crippen molar-refractivity contribution in [1.29, 1.82) is 0 Å². The molecule has 0 radical (unpaired) electrons. The van der Waals surface area contributed by atoms with E-state index in [2.05, 4.69) is 9.97 Å². The minimum Gasteiger partial charge on any atom is -0.287 e. The number of hydrogen-bond acceptors (Lipinski definition) is 3.